The van der Waals surface area contributed by atoms with Gasteiger partial charge < -0.3 is 34.9 Å². The van der Waals surface area contributed by atoms with Crippen molar-refractivity contribution in [2.24, 2.45) is 57.0 Å². The average molecular weight is 706 g/mol. The fraction of sp³-hybridized carbons (Fsp3) is 0.949. The van der Waals surface area contributed by atoms with Crippen LogP contribution in [-0.4, -0.2) is 95.3 Å². The molecule has 3 N–H and O–H groups in total. The molecule has 0 aromatic rings. The zero-order valence-electron chi connectivity index (χ0n) is 31.1. The molecule has 13 unspecified atom stereocenters. The highest BCUT2D eigenvalue weighted by Crippen LogP contribution is 2.87. The molecule has 50 heavy (non-hydrogen) atoms. The molecule has 2 spiro atoms. The van der Waals surface area contributed by atoms with E-state index in [2.05, 4.69) is 41.5 Å². The molecule has 0 aromatic carbocycles. The lowest BCUT2D eigenvalue weighted by Gasteiger charge is -2.63. The van der Waals surface area contributed by atoms with E-state index >= 15 is 0 Å². The normalized spacial score (nSPS) is 48.9. The minimum Gasteiger partial charge on any atom is -0.446 e. The molecule has 3 aliphatic heterocycles. The van der Waals surface area contributed by atoms with Gasteiger partial charge in [0.1, 0.15) is 12.2 Å². The number of ether oxygens (including phenoxy) is 3. The molecule has 0 aromatic heterocycles. The fourth-order valence-corrected chi connectivity index (χ4v) is 13.9. The van der Waals surface area contributed by atoms with E-state index in [0.717, 1.165) is 70.9 Å². The van der Waals surface area contributed by atoms with Crippen LogP contribution in [0.5, 0.6) is 0 Å². The largest absolute Gasteiger partial charge is 0.446 e. The van der Waals surface area contributed by atoms with E-state index in [9.17, 15) is 23.5 Å². The molecule has 5 aliphatic carbocycles. The third-order valence-corrected chi connectivity index (χ3v) is 16.6. The molecule has 3 heterocycles. The Morgan fingerprint density at radius 1 is 0.900 bits per heavy atom. The predicted octanol–water partition coefficient (Wildman–Crippen LogP) is 6.59. The van der Waals surface area contributed by atoms with Crippen LogP contribution < -0.4 is 5.73 Å². The third-order valence-electron chi connectivity index (χ3n) is 16.6. The first-order valence-electron chi connectivity index (χ1n) is 19.8. The van der Waals surface area contributed by atoms with Gasteiger partial charge in [0.15, 0.2) is 0 Å². The van der Waals surface area contributed by atoms with Crippen molar-refractivity contribution in [3.8, 4) is 0 Å². The van der Waals surface area contributed by atoms with Crippen LogP contribution in [-0.2, 0) is 14.2 Å². The molecular formula is C39H61F2N3O6. The number of halogens is 2. The first kappa shape index (κ1) is 35.3. The summed E-state index contributed by atoms with van der Waals surface area (Å²) in [6.07, 6.45) is 4.96. The molecule has 8 rings (SSSR count). The molecule has 9 nitrogen and oxygen atoms in total. The van der Waals surface area contributed by atoms with Crippen LogP contribution in [0.2, 0.25) is 0 Å². The monoisotopic (exact) mass is 705 g/mol. The van der Waals surface area contributed by atoms with Crippen molar-refractivity contribution < 1.29 is 37.7 Å². The number of amides is 2. The minimum absolute atomic E-state index is 0.0315. The van der Waals surface area contributed by atoms with Crippen molar-refractivity contribution in [1.29, 1.82) is 0 Å². The number of rotatable bonds is 4. The first-order valence-corrected chi connectivity index (χ1v) is 19.8. The van der Waals surface area contributed by atoms with E-state index in [1.54, 1.807) is 4.90 Å². The van der Waals surface area contributed by atoms with Gasteiger partial charge in [-0.05, 0) is 104 Å². The SMILES string of the molecule is CC(C)C(OC(=O)N1CCC1)C1CC(C)C2C(O1)C(O)C1(N)C3CCC4C(C)(C)C(OC(=O)N5CCC(F)(F)CC5)CCC45CC35CCC21C. The van der Waals surface area contributed by atoms with Crippen LogP contribution in [0.25, 0.3) is 0 Å². The zero-order valence-corrected chi connectivity index (χ0v) is 31.1. The summed E-state index contributed by atoms with van der Waals surface area (Å²) in [7, 11) is 0. The molecule has 0 radical (unpaired) electrons. The zero-order chi connectivity index (χ0) is 35.8. The Kier molecular flexibility index (Phi) is 8.05. The Hall–Kier alpha value is -1.72. The maximum Gasteiger partial charge on any atom is 0.410 e. The molecule has 2 amide bonds. The molecule has 13 atom stereocenters. The van der Waals surface area contributed by atoms with Crippen molar-refractivity contribution in [1.82, 2.24) is 9.80 Å². The lowest BCUT2D eigenvalue weighted by Crippen LogP contribution is -2.70. The number of aliphatic hydroxyl groups is 1. The second-order valence-electron chi connectivity index (χ2n) is 19.4. The Morgan fingerprint density at radius 3 is 2.18 bits per heavy atom. The van der Waals surface area contributed by atoms with Gasteiger partial charge in [-0.2, -0.15) is 0 Å². The standard InChI is InChI=1S/C39H61F2N3O6/c1-22(2)29(50-33(47)43-16-7-17-43)24-20-23(3)28-30(48-24)31(45)39(42)26-9-8-25-34(4,5)27(49-32(46)44-18-14-38(40,41)15-19-44)10-11-36(25)21-37(26,36)13-12-35(28,39)6/h22-31,45H,7-21,42H2,1-6H3. The third kappa shape index (κ3) is 4.69. The number of aliphatic hydroxyl groups excluding tert-OH is 1. The second-order valence-corrected chi connectivity index (χ2v) is 19.4. The van der Waals surface area contributed by atoms with E-state index in [-0.39, 0.29) is 89.6 Å². The van der Waals surface area contributed by atoms with Gasteiger partial charge in [0.25, 0.3) is 5.92 Å². The van der Waals surface area contributed by atoms with Gasteiger partial charge in [-0.25, -0.2) is 18.4 Å². The van der Waals surface area contributed by atoms with Crippen LogP contribution in [0.4, 0.5) is 18.4 Å². The van der Waals surface area contributed by atoms with Crippen LogP contribution in [0.15, 0.2) is 0 Å². The lowest BCUT2D eigenvalue weighted by atomic mass is 9.43. The summed E-state index contributed by atoms with van der Waals surface area (Å²) in [6.45, 7) is 14.8. The highest BCUT2D eigenvalue weighted by Gasteiger charge is 2.85. The van der Waals surface area contributed by atoms with Gasteiger partial charge in [0.2, 0.25) is 0 Å². The van der Waals surface area contributed by atoms with Gasteiger partial charge in [-0.15, -0.1) is 0 Å². The summed E-state index contributed by atoms with van der Waals surface area (Å²) in [5.41, 5.74) is 6.57. The van der Waals surface area contributed by atoms with E-state index in [1.807, 2.05) is 0 Å². The predicted molar refractivity (Wildman–Crippen MR) is 182 cm³/mol. The van der Waals surface area contributed by atoms with E-state index in [1.165, 1.54) is 4.90 Å². The van der Waals surface area contributed by atoms with Crippen molar-refractivity contribution >= 4 is 12.2 Å². The molecule has 8 aliphatic rings. The number of nitrogens with two attached hydrogens (primary N) is 1. The summed E-state index contributed by atoms with van der Waals surface area (Å²) < 4.78 is 46.8. The van der Waals surface area contributed by atoms with Gasteiger partial charge in [-0.3, -0.25) is 0 Å². The first-order chi connectivity index (χ1) is 23.4. The number of hydrogen-bond acceptors (Lipinski definition) is 7. The fourth-order valence-electron chi connectivity index (χ4n) is 13.9. The highest BCUT2D eigenvalue weighted by atomic mass is 19.3. The Labute approximate surface area is 296 Å². The van der Waals surface area contributed by atoms with Gasteiger partial charge in [0, 0.05) is 44.4 Å². The Bertz CT molecular complexity index is 1380. The number of fused-ring (bicyclic) bond motifs is 4. The van der Waals surface area contributed by atoms with E-state index in [0.29, 0.717) is 5.92 Å². The molecule has 5 saturated carbocycles. The summed E-state index contributed by atoms with van der Waals surface area (Å²) >= 11 is 0. The number of likely N-dealkylation sites (tertiary alicyclic amines) is 2. The maximum absolute atomic E-state index is 13.8. The number of carbonyl (C=O) groups is 2. The minimum atomic E-state index is -2.71. The Morgan fingerprint density at radius 2 is 1.54 bits per heavy atom. The van der Waals surface area contributed by atoms with Gasteiger partial charge in [-0.1, -0.05) is 41.5 Å². The topological polar surface area (TPSA) is 115 Å². The smallest absolute Gasteiger partial charge is 0.410 e. The van der Waals surface area contributed by atoms with Crippen molar-refractivity contribution in [3.05, 3.63) is 0 Å². The van der Waals surface area contributed by atoms with Gasteiger partial charge in [0.05, 0.1) is 23.9 Å². The van der Waals surface area contributed by atoms with Crippen LogP contribution in [0.1, 0.15) is 112 Å². The molecule has 8 fully saturated rings. The summed E-state index contributed by atoms with van der Waals surface area (Å²) in [5, 5.41) is 12.5. The Balaban J connectivity index is 1.01. The molecule has 3 saturated heterocycles. The summed E-state index contributed by atoms with van der Waals surface area (Å²) in [4.78, 5) is 29.3. The van der Waals surface area contributed by atoms with Crippen LogP contribution >= 0.6 is 0 Å². The second kappa shape index (κ2) is 11.4. The van der Waals surface area contributed by atoms with Crippen LogP contribution in [0, 0.1) is 51.2 Å². The maximum atomic E-state index is 13.8. The van der Waals surface area contributed by atoms with E-state index < -0.39 is 35.9 Å². The van der Waals surface area contributed by atoms with Gasteiger partial charge >= 0.3 is 12.2 Å². The highest BCUT2D eigenvalue weighted by molar-refractivity contribution is 5.69. The van der Waals surface area contributed by atoms with E-state index in [4.69, 9.17) is 19.9 Å². The summed E-state index contributed by atoms with van der Waals surface area (Å²) in [6, 6.07) is 0. The van der Waals surface area contributed by atoms with Crippen LogP contribution in [0.3, 0.4) is 0 Å². The van der Waals surface area contributed by atoms with Crippen molar-refractivity contribution in [3.63, 3.8) is 0 Å². The lowest BCUT2D eigenvalue weighted by molar-refractivity contribution is -0.180. The van der Waals surface area contributed by atoms with Crippen molar-refractivity contribution in [2.45, 2.75) is 154 Å². The summed E-state index contributed by atoms with van der Waals surface area (Å²) in [5.74, 6) is -1.76. The average Bonchev–Trinajstić information content (AvgIpc) is 3.64. The van der Waals surface area contributed by atoms with Crippen molar-refractivity contribution in [2.75, 3.05) is 26.2 Å². The molecule has 282 valence electrons. The molecular weight excluding hydrogens is 644 g/mol. The quantitative estimate of drug-likeness (QED) is 0.339. The number of alkyl halides is 2. The number of carbonyl (C=O) groups excluding carboxylic acids is 2. The number of piperidine rings is 1. The molecule has 11 heteroatoms. The number of hydrogen-bond donors (Lipinski definition) is 2. The molecule has 0 bridgehead atoms. The number of nitrogens with zero attached hydrogens (tertiary/aromatic N) is 2.